The molecule has 1 aromatic rings. The van der Waals surface area contributed by atoms with Crippen LogP contribution in [0.25, 0.3) is 0 Å². The molecule has 1 heterocycles. The molecule has 2 N–H and O–H groups in total. The predicted octanol–water partition coefficient (Wildman–Crippen LogP) is 2.39. The van der Waals surface area contributed by atoms with E-state index in [1.807, 2.05) is 27.0 Å². The maximum atomic E-state index is 11.9. The third-order valence-electron chi connectivity index (χ3n) is 2.55. The molecule has 0 bridgehead atoms. The number of carboxylic acids is 1. The number of carbonyl (C=O) groups is 2. The maximum absolute atomic E-state index is 11.9. The van der Waals surface area contributed by atoms with E-state index in [2.05, 4.69) is 5.32 Å². The van der Waals surface area contributed by atoms with Crippen molar-refractivity contribution < 1.29 is 23.8 Å². The van der Waals surface area contributed by atoms with Gasteiger partial charge in [0.05, 0.1) is 5.60 Å². The quantitative estimate of drug-likeness (QED) is 0.751. The molecule has 0 aliphatic carbocycles. The number of ether oxygens (including phenoxy) is 1. The van der Waals surface area contributed by atoms with E-state index in [-0.39, 0.29) is 24.4 Å². The van der Waals surface area contributed by atoms with Crippen molar-refractivity contribution in [1.29, 1.82) is 0 Å². The van der Waals surface area contributed by atoms with Crippen LogP contribution >= 0.6 is 11.8 Å². The SMILES string of the molecule is CSc1ccc(C(=O)NC(CCOC(C)(C)C)C(=O)O)o1. The van der Waals surface area contributed by atoms with Gasteiger partial charge in [-0.25, -0.2) is 4.79 Å². The van der Waals surface area contributed by atoms with Gasteiger partial charge in [0.2, 0.25) is 0 Å². The van der Waals surface area contributed by atoms with Crippen LogP contribution in [-0.2, 0) is 9.53 Å². The van der Waals surface area contributed by atoms with Crippen LogP contribution in [0, 0.1) is 0 Å². The van der Waals surface area contributed by atoms with Gasteiger partial charge in [-0.2, -0.15) is 0 Å². The fourth-order valence-electron chi connectivity index (χ4n) is 1.52. The molecule has 1 rings (SSSR count). The first-order valence-corrected chi connectivity index (χ1v) is 7.77. The Bertz CT molecular complexity index is 492. The van der Waals surface area contributed by atoms with E-state index >= 15 is 0 Å². The summed E-state index contributed by atoms with van der Waals surface area (Å²) in [5.41, 5.74) is -0.346. The minimum Gasteiger partial charge on any atom is -0.480 e. The molecule has 118 valence electrons. The van der Waals surface area contributed by atoms with Gasteiger partial charge in [0, 0.05) is 13.0 Å². The zero-order valence-electron chi connectivity index (χ0n) is 12.6. The largest absolute Gasteiger partial charge is 0.480 e. The third-order valence-corrected chi connectivity index (χ3v) is 3.17. The van der Waals surface area contributed by atoms with E-state index in [0.29, 0.717) is 5.09 Å². The van der Waals surface area contributed by atoms with Crippen LogP contribution < -0.4 is 5.32 Å². The minimum atomic E-state index is -1.10. The summed E-state index contributed by atoms with van der Waals surface area (Å²) in [5.74, 6) is -1.54. The Labute approximate surface area is 128 Å². The zero-order valence-corrected chi connectivity index (χ0v) is 13.5. The highest BCUT2D eigenvalue weighted by Crippen LogP contribution is 2.18. The number of hydrogen-bond donors (Lipinski definition) is 2. The highest BCUT2D eigenvalue weighted by molar-refractivity contribution is 7.98. The van der Waals surface area contributed by atoms with E-state index in [1.54, 1.807) is 6.07 Å². The number of amides is 1. The van der Waals surface area contributed by atoms with Crippen molar-refractivity contribution in [3.05, 3.63) is 17.9 Å². The normalized spacial score (nSPS) is 13.0. The van der Waals surface area contributed by atoms with Crippen molar-refractivity contribution in [2.75, 3.05) is 12.9 Å². The van der Waals surface area contributed by atoms with Crippen molar-refractivity contribution in [1.82, 2.24) is 5.32 Å². The second-order valence-corrected chi connectivity index (χ2v) is 6.25. The molecule has 0 aliphatic heterocycles. The summed E-state index contributed by atoms with van der Waals surface area (Å²) in [7, 11) is 0. The number of hydrogen-bond acceptors (Lipinski definition) is 5. The average Bonchev–Trinajstić information content (AvgIpc) is 2.84. The van der Waals surface area contributed by atoms with Gasteiger partial charge in [0.1, 0.15) is 6.04 Å². The Morgan fingerprint density at radius 1 is 1.43 bits per heavy atom. The lowest BCUT2D eigenvalue weighted by Crippen LogP contribution is -2.41. The van der Waals surface area contributed by atoms with Crippen LogP contribution in [0.1, 0.15) is 37.7 Å². The Hall–Kier alpha value is -1.47. The van der Waals surface area contributed by atoms with Crippen molar-refractivity contribution in [3.63, 3.8) is 0 Å². The van der Waals surface area contributed by atoms with Gasteiger partial charge < -0.3 is 19.6 Å². The number of carbonyl (C=O) groups excluding carboxylic acids is 1. The summed E-state index contributed by atoms with van der Waals surface area (Å²) >= 11 is 1.37. The Kier molecular flexibility index (Phi) is 6.29. The molecule has 6 nitrogen and oxygen atoms in total. The van der Waals surface area contributed by atoms with Gasteiger partial charge in [-0.15, -0.1) is 0 Å². The first-order valence-electron chi connectivity index (χ1n) is 6.54. The van der Waals surface area contributed by atoms with Crippen LogP contribution in [0.3, 0.4) is 0 Å². The molecule has 1 atom stereocenters. The molecule has 1 unspecified atom stereocenters. The number of carboxylic acid groups (broad SMARTS) is 1. The molecular weight excluding hydrogens is 294 g/mol. The third kappa shape index (κ3) is 6.22. The summed E-state index contributed by atoms with van der Waals surface area (Å²) in [6.45, 7) is 5.89. The van der Waals surface area contributed by atoms with Crippen molar-refractivity contribution in [2.45, 2.75) is 43.9 Å². The number of thioether (sulfide) groups is 1. The molecule has 0 saturated carbocycles. The number of rotatable bonds is 7. The van der Waals surface area contributed by atoms with Gasteiger partial charge in [0.15, 0.2) is 10.9 Å². The highest BCUT2D eigenvalue weighted by Gasteiger charge is 2.23. The number of furan rings is 1. The summed E-state index contributed by atoms with van der Waals surface area (Å²) in [6.07, 6.45) is 2.01. The van der Waals surface area contributed by atoms with E-state index in [9.17, 15) is 9.59 Å². The maximum Gasteiger partial charge on any atom is 0.326 e. The van der Waals surface area contributed by atoms with E-state index in [1.165, 1.54) is 17.8 Å². The van der Waals surface area contributed by atoms with E-state index < -0.39 is 17.9 Å². The lowest BCUT2D eigenvalue weighted by molar-refractivity contribution is -0.140. The lowest BCUT2D eigenvalue weighted by Gasteiger charge is -2.21. The van der Waals surface area contributed by atoms with Gasteiger partial charge in [-0.3, -0.25) is 4.79 Å². The summed E-state index contributed by atoms with van der Waals surface area (Å²) in [4.78, 5) is 23.1. The van der Waals surface area contributed by atoms with Crippen LogP contribution in [0.5, 0.6) is 0 Å². The molecule has 0 spiro atoms. The molecular formula is C14H21NO5S. The summed E-state index contributed by atoms with van der Waals surface area (Å²) in [5, 5.41) is 12.2. The van der Waals surface area contributed by atoms with Crippen LogP contribution in [0.2, 0.25) is 0 Å². The van der Waals surface area contributed by atoms with Gasteiger partial charge in [-0.05, 0) is 39.2 Å². The first kappa shape index (κ1) is 17.6. The topological polar surface area (TPSA) is 88.8 Å². The summed E-state index contributed by atoms with van der Waals surface area (Å²) < 4.78 is 10.7. The molecule has 0 radical (unpaired) electrons. The Morgan fingerprint density at radius 2 is 2.10 bits per heavy atom. The fourth-order valence-corrected chi connectivity index (χ4v) is 1.90. The Morgan fingerprint density at radius 3 is 2.57 bits per heavy atom. The van der Waals surface area contributed by atoms with Crippen LogP contribution in [-0.4, -0.2) is 41.5 Å². The van der Waals surface area contributed by atoms with Crippen molar-refractivity contribution >= 4 is 23.6 Å². The van der Waals surface area contributed by atoms with Gasteiger partial charge in [0.25, 0.3) is 5.91 Å². The molecule has 21 heavy (non-hydrogen) atoms. The molecule has 0 aromatic carbocycles. The molecule has 1 amide bonds. The van der Waals surface area contributed by atoms with Gasteiger partial charge in [-0.1, -0.05) is 11.8 Å². The van der Waals surface area contributed by atoms with E-state index in [4.69, 9.17) is 14.3 Å². The standard InChI is InChI=1S/C14H21NO5S/c1-14(2,3)19-8-7-9(13(17)18)15-12(16)10-5-6-11(20-10)21-4/h5-6,9H,7-8H2,1-4H3,(H,15,16)(H,17,18). The molecule has 0 aliphatic rings. The van der Waals surface area contributed by atoms with Crippen molar-refractivity contribution in [2.24, 2.45) is 0 Å². The number of aliphatic carboxylic acids is 1. The molecule has 1 aromatic heterocycles. The Balaban J connectivity index is 2.57. The molecule has 7 heteroatoms. The summed E-state index contributed by atoms with van der Waals surface area (Å²) in [6, 6.07) is 2.17. The van der Waals surface area contributed by atoms with Crippen LogP contribution in [0.15, 0.2) is 21.6 Å². The lowest BCUT2D eigenvalue weighted by atomic mass is 10.1. The minimum absolute atomic E-state index is 0.0994. The van der Waals surface area contributed by atoms with Crippen molar-refractivity contribution in [3.8, 4) is 0 Å². The predicted molar refractivity (Wildman–Crippen MR) is 79.7 cm³/mol. The smallest absolute Gasteiger partial charge is 0.326 e. The monoisotopic (exact) mass is 315 g/mol. The van der Waals surface area contributed by atoms with Gasteiger partial charge >= 0.3 is 5.97 Å². The molecule has 0 saturated heterocycles. The van der Waals surface area contributed by atoms with E-state index in [0.717, 1.165) is 0 Å². The first-order chi connectivity index (χ1) is 9.73. The second kappa shape index (κ2) is 7.51. The van der Waals surface area contributed by atoms with Crippen LogP contribution in [0.4, 0.5) is 0 Å². The zero-order chi connectivity index (χ0) is 16.0. The molecule has 0 fully saturated rings. The number of nitrogens with one attached hydrogen (secondary N) is 1. The highest BCUT2D eigenvalue weighted by atomic mass is 32.2. The average molecular weight is 315 g/mol. The fraction of sp³-hybridized carbons (Fsp3) is 0.571. The second-order valence-electron chi connectivity index (χ2n) is 5.44.